The van der Waals surface area contributed by atoms with E-state index in [0.717, 1.165) is 17.3 Å². The lowest BCUT2D eigenvalue weighted by Gasteiger charge is -2.19. The lowest BCUT2D eigenvalue weighted by Crippen LogP contribution is -2.39. The van der Waals surface area contributed by atoms with Gasteiger partial charge in [0.25, 0.3) is 0 Å². The molecule has 0 saturated heterocycles. The maximum absolute atomic E-state index is 11.9. The maximum Gasteiger partial charge on any atom is 0.243 e. The van der Waals surface area contributed by atoms with E-state index in [1.165, 1.54) is 43.4 Å². The van der Waals surface area contributed by atoms with Crippen LogP contribution in [0.3, 0.4) is 0 Å². The Kier molecular flexibility index (Phi) is 5.48. The zero-order valence-corrected chi connectivity index (χ0v) is 13.1. The first-order chi connectivity index (χ1) is 9.56. The fraction of sp³-hybridized carbons (Fsp3) is 0.786. The van der Waals surface area contributed by atoms with Gasteiger partial charge < -0.3 is 5.73 Å². The molecule has 6 heteroatoms. The largest absolute Gasteiger partial charge is 0.320 e. The third kappa shape index (κ3) is 4.24. The van der Waals surface area contributed by atoms with Gasteiger partial charge in [-0.15, -0.1) is 10.2 Å². The van der Waals surface area contributed by atoms with Gasteiger partial charge in [0.1, 0.15) is 5.01 Å². The molecule has 0 spiro atoms. The number of carbonyl (C=O) groups excluding carboxylic acids is 1. The van der Waals surface area contributed by atoms with Crippen molar-refractivity contribution in [3.05, 3.63) is 5.01 Å². The summed E-state index contributed by atoms with van der Waals surface area (Å²) < 4.78 is 0. The molecule has 2 rings (SSSR count). The van der Waals surface area contributed by atoms with Gasteiger partial charge in [-0.3, -0.25) is 10.1 Å². The average molecular weight is 296 g/mol. The van der Waals surface area contributed by atoms with Crippen LogP contribution in [0, 0.1) is 11.8 Å². The van der Waals surface area contributed by atoms with Gasteiger partial charge in [-0.2, -0.15) is 0 Å². The number of nitrogens with two attached hydrogens (primary N) is 1. The molecule has 0 radical (unpaired) electrons. The van der Waals surface area contributed by atoms with Gasteiger partial charge in [0, 0.05) is 6.42 Å². The molecule has 1 aliphatic carbocycles. The molecule has 1 fully saturated rings. The lowest BCUT2D eigenvalue weighted by atomic mass is 9.87. The number of nitrogens with zero attached hydrogens (tertiary/aromatic N) is 2. The Bertz CT molecular complexity index is 440. The van der Waals surface area contributed by atoms with Crippen molar-refractivity contribution in [1.82, 2.24) is 10.2 Å². The highest BCUT2D eigenvalue weighted by Crippen LogP contribution is 2.28. The topological polar surface area (TPSA) is 80.9 Å². The maximum atomic E-state index is 11.9. The molecule has 1 aromatic rings. The van der Waals surface area contributed by atoms with E-state index in [-0.39, 0.29) is 11.8 Å². The van der Waals surface area contributed by atoms with Crippen LogP contribution in [-0.4, -0.2) is 22.1 Å². The number of rotatable bonds is 5. The molecule has 0 unspecified atom stereocenters. The molecule has 3 N–H and O–H groups in total. The molecule has 0 aliphatic heterocycles. The van der Waals surface area contributed by atoms with Gasteiger partial charge in [-0.05, 0) is 11.8 Å². The molecule has 1 heterocycles. The Labute approximate surface area is 124 Å². The normalized spacial score (nSPS) is 18.2. The van der Waals surface area contributed by atoms with Crippen LogP contribution < -0.4 is 11.1 Å². The first-order valence-corrected chi connectivity index (χ1v) is 8.26. The van der Waals surface area contributed by atoms with E-state index < -0.39 is 6.04 Å². The van der Waals surface area contributed by atoms with E-state index in [0.29, 0.717) is 5.13 Å². The summed E-state index contributed by atoms with van der Waals surface area (Å²) in [5.74, 6) is 0.670. The van der Waals surface area contributed by atoms with Crippen molar-refractivity contribution in [2.75, 3.05) is 5.32 Å². The number of nitrogens with one attached hydrogen (secondary N) is 1. The quantitative estimate of drug-likeness (QED) is 0.875. The summed E-state index contributed by atoms with van der Waals surface area (Å²) >= 11 is 1.47. The van der Waals surface area contributed by atoms with Gasteiger partial charge in [-0.25, -0.2) is 0 Å². The number of carbonyl (C=O) groups is 1. The molecular weight excluding hydrogens is 272 g/mol. The Morgan fingerprint density at radius 3 is 2.70 bits per heavy atom. The summed E-state index contributed by atoms with van der Waals surface area (Å²) in [4.78, 5) is 11.9. The predicted octanol–water partition coefficient (Wildman–Crippen LogP) is 2.58. The summed E-state index contributed by atoms with van der Waals surface area (Å²) in [6, 6.07) is -0.499. The third-order valence-corrected chi connectivity index (χ3v) is 4.77. The number of aromatic nitrogens is 2. The summed E-state index contributed by atoms with van der Waals surface area (Å²) in [7, 11) is 0. The number of amides is 1. The number of hydrogen-bond acceptors (Lipinski definition) is 5. The van der Waals surface area contributed by atoms with Crippen LogP contribution in [0.4, 0.5) is 5.13 Å². The van der Waals surface area contributed by atoms with Gasteiger partial charge in [-0.1, -0.05) is 57.3 Å². The van der Waals surface area contributed by atoms with E-state index in [4.69, 9.17) is 5.73 Å². The van der Waals surface area contributed by atoms with Crippen molar-refractivity contribution < 1.29 is 4.79 Å². The van der Waals surface area contributed by atoms with E-state index in [1.54, 1.807) is 0 Å². The molecule has 1 amide bonds. The highest BCUT2D eigenvalue weighted by molar-refractivity contribution is 7.15. The van der Waals surface area contributed by atoms with Crippen LogP contribution in [-0.2, 0) is 11.2 Å². The standard InChI is InChI=1S/C14H24N4OS/c1-9(2)12(15)13(19)16-14-18-17-11(20-14)8-10-6-4-3-5-7-10/h9-10,12H,3-8,15H2,1-2H3,(H,16,18,19)/t12-/m0/s1. The van der Waals surface area contributed by atoms with Crippen molar-refractivity contribution in [2.45, 2.75) is 58.4 Å². The fourth-order valence-electron chi connectivity index (χ4n) is 2.52. The molecule has 0 aromatic carbocycles. The molecule has 20 heavy (non-hydrogen) atoms. The molecule has 1 aliphatic rings. The monoisotopic (exact) mass is 296 g/mol. The van der Waals surface area contributed by atoms with E-state index in [2.05, 4.69) is 15.5 Å². The van der Waals surface area contributed by atoms with Crippen molar-refractivity contribution in [1.29, 1.82) is 0 Å². The first kappa shape index (κ1) is 15.4. The molecule has 5 nitrogen and oxygen atoms in total. The minimum Gasteiger partial charge on any atom is -0.320 e. The highest BCUT2D eigenvalue weighted by Gasteiger charge is 2.20. The summed E-state index contributed by atoms with van der Waals surface area (Å²) in [6.07, 6.45) is 7.59. The second-order valence-corrected chi connectivity index (χ2v) is 7.03. The molecule has 1 aromatic heterocycles. The predicted molar refractivity (Wildman–Crippen MR) is 81.6 cm³/mol. The first-order valence-electron chi connectivity index (χ1n) is 7.45. The minimum atomic E-state index is -0.499. The van der Waals surface area contributed by atoms with Crippen molar-refractivity contribution in [3.63, 3.8) is 0 Å². The summed E-state index contributed by atoms with van der Waals surface area (Å²) in [6.45, 7) is 3.86. The van der Waals surface area contributed by atoms with E-state index >= 15 is 0 Å². The average Bonchev–Trinajstić information content (AvgIpc) is 2.86. The molecule has 0 bridgehead atoms. The second-order valence-electron chi connectivity index (χ2n) is 5.97. The van der Waals surface area contributed by atoms with Gasteiger partial charge in [0.2, 0.25) is 11.0 Å². The van der Waals surface area contributed by atoms with Gasteiger partial charge >= 0.3 is 0 Å². The zero-order valence-electron chi connectivity index (χ0n) is 12.3. The van der Waals surface area contributed by atoms with Gasteiger partial charge in [0.15, 0.2) is 0 Å². The molecule has 1 atom stereocenters. The number of hydrogen-bond donors (Lipinski definition) is 2. The Morgan fingerprint density at radius 1 is 1.35 bits per heavy atom. The van der Waals surface area contributed by atoms with Crippen molar-refractivity contribution in [2.24, 2.45) is 17.6 Å². The van der Waals surface area contributed by atoms with Crippen LogP contribution in [0.1, 0.15) is 51.0 Å². The molecule has 112 valence electrons. The van der Waals surface area contributed by atoms with Crippen LogP contribution >= 0.6 is 11.3 Å². The van der Waals surface area contributed by atoms with Crippen LogP contribution in [0.25, 0.3) is 0 Å². The van der Waals surface area contributed by atoms with Crippen LogP contribution in [0.5, 0.6) is 0 Å². The SMILES string of the molecule is CC(C)[C@H](N)C(=O)Nc1nnc(CC2CCCCC2)s1. The minimum absolute atomic E-state index is 0.115. The van der Waals surface area contributed by atoms with E-state index in [9.17, 15) is 4.79 Å². The van der Waals surface area contributed by atoms with E-state index in [1.807, 2.05) is 13.8 Å². The van der Waals surface area contributed by atoms with Crippen LogP contribution in [0.15, 0.2) is 0 Å². The van der Waals surface area contributed by atoms with Crippen molar-refractivity contribution in [3.8, 4) is 0 Å². The van der Waals surface area contributed by atoms with Crippen LogP contribution in [0.2, 0.25) is 0 Å². The smallest absolute Gasteiger partial charge is 0.243 e. The number of anilines is 1. The second kappa shape index (κ2) is 7.13. The third-order valence-electron chi connectivity index (χ3n) is 3.91. The fourth-order valence-corrected chi connectivity index (χ4v) is 3.37. The van der Waals surface area contributed by atoms with Gasteiger partial charge in [0.05, 0.1) is 6.04 Å². The van der Waals surface area contributed by atoms with Crippen molar-refractivity contribution >= 4 is 22.4 Å². The zero-order chi connectivity index (χ0) is 14.5. The highest BCUT2D eigenvalue weighted by atomic mass is 32.1. The Balaban J connectivity index is 1.87. The lowest BCUT2D eigenvalue weighted by molar-refractivity contribution is -0.118. The Morgan fingerprint density at radius 2 is 2.05 bits per heavy atom. The summed E-state index contributed by atoms with van der Waals surface area (Å²) in [5, 5.41) is 12.6. The Hall–Kier alpha value is -1.01. The summed E-state index contributed by atoms with van der Waals surface area (Å²) in [5.41, 5.74) is 5.81. The molecular formula is C14H24N4OS. The molecule has 1 saturated carbocycles.